The maximum atomic E-state index is 11.8. The SMILES string of the molecule is COCCCNC(=O)/C(C#N)=C\Nc1cc([N+](=O)[O-])ccc1Cl. The highest BCUT2D eigenvalue weighted by atomic mass is 35.5. The van der Waals surface area contributed by atoms with E-state index in [0.717, 1.165) is 6.20 Å². The van der Waals surface area contributed by atoms with E-state index in [1.807, 2.05) is 0 Å². The summed E-state index contributed by atoms with van der Waals surface area (Å²) in [5, 5.41) is 25.2. The van der Waals surface area contributed by atoms with Crippen LogP contribution in [0.5, 0.6) is 0 Å². The third-order valence-electron chi connectivity index (χ3n) is 2.71. The van der Waals surface area contributed by atoms with Gasteiger partial charge in [-0.3, -0.25) is 14.9 Å². The first kappa shape index (κ1) is 18.4. The number of anilines is 1. The smallest absolute Gasteiger partial charge is 0.271 e. The zero-order chi connectivity index (χ0) is 17.2. The zero-order valence-electron chi connectivity index (χ0n) is 12.3. The molecule has 0 saturated carbocycles. The summed E-state index contributed by atoms with van der Waals surface area (Å²) in [6.07, 6.45) is 1.77. The van der Waals surface area contributed by atoms with E-state index >= 15 is 0 Å². The van der Waals surface area contributed by atoms with Gasteiger partial charge in [0.05, 0.1) is 15.6 Å². The molecule has 0 heterocycles. The average molecular weight is 339 g/mol. The Kier molecular flexibility index (Phi) is 7.53. The molecule has 1 aromatic rings. The van der Waals surface area contributed by atoms with Crippen molar-refractivity contribution < 1.29 is 14.5 Å². The van der Waals surface area contributed by atoms with Crippen LogP contribution in [0.1, 0.15) is 6.42 Å². The minimum absolute atomic E-state index is 0.159. The van der Waals surface area contributed by atoms with Crippen LogP contribution in [0.2, 0.25) is 5.02 Å². The number of nitrogens with one attached hydrogen (secondary N) is 2. The maximum absolute atomic E-state index is 11.8. The molecule has 0 bridgehead atoms. The van der Waals surface area contributed by atoms with Gasteiger partial charge in [0.1, 0.15) is 11.6 Å². The molecule has 0 fully saturated rings. The molecule has 0 atom stereocenters. The lowest BCUT2D eigenvalue weighted by Gasteiger charge is -2.06. The van der Waals surface area contributed by atoms with Crippen molar-refractivity contribution in [1.82, 2.24) is 5.32 Å². The summed E-state index contributed by atoms with van der Waals surface area (Å²) >= 11 is 5.91. The van der Waals surface area contributed by atoms with E-state index in [9.17, 15) is 14.9 Å². The van der Waals surface area contributed by atoms with Crippen LogP contribution in [0.25, 0.3) is 0 Å². The molecule has 0 aliphatic carbocycles. The van der Waals surface area contributed by atoms with E-state index in [1.165, 1.54) is 18.2 Å². The fourth-order valence-electron chi connectivity index (χ4n) is 1.55. The maximum Gasteiger partial charge on any atom is 0.271 e. The molecule has 1 amide bonds. The minimum Gasteiger partial charge on any atom is -0.385 e. The number of non-ortho nitro benzene ring substituents is 1. The number of carbonyl (C=O) groups excluding carboxylic acids is 1. The lowest BCUT2D eigenvalue weighted by Crippen LogP contribution is -2.26. The molecule has 0 spiro atoms. The number of benzene rings is 1. The zero-order valence-corrected chi connectivity index (χ0v) is 13.1. The van der Waals surface area contributed by atoms with Crippen LogP contribution in [0.15, 0.2) is 30.0 Å². The molecule has 8 nitrogen and oxygen atoms in total. The number of halogens is 1. The molecule has 0 unspecified atom stereocenters. The van der Waals surface area contributed by atoms with Gasteiger partial charge in [0.2, 0.25) is 0 Å². The number of rotatable bonds is 8. The van der Waals surface area contributed by atoms with Gasteiger partial charge >= 0.3 is 0 Å². The summed E-state index contributed by atoms with van der Waals surface area (Å²) in [6.45, 7) is 0.858. The van der Waals surface area contributed by atoms with E-state index in [4.69, 9.17) is 21.6 Å². The minimum atomic E-state index is -0.570. The van der Waals surface area contributed by atoms with Crippen molar-refractivity contribution in [2.75, 3.05) is 25.6 Å². The first-order valence-corrected chi connectivity index (χ1v) is 6.95. The van der Waals surface area contributed by atoms with Gasteiger partial charge in [-0.25, -0.2) is 0 Å². The van der Waals surface area contributed by atoms with E-state index in [1.54, 1.807) is 13.2 Å². The first-order chi connectivity index (χ1) is 11.0. The summed E-state index contributed by atoms with van der Waals surface area (Å²) in [6, 6.07) is 5.57. The normalized spacial score (nSPS) is 10.7. The van der Waals surface area contributed by atoms with Gasteiger partial charge in [-0.1, -0.05) is 11.6 Å². The molecular formula is C14H15ClN4O4. The second kappa shape index (κ2) is 9.40. The van der Waals surface area contributed by atoms with Gasteiger partial charge in [0.25, 0.3) is 11.6 Å². The summed E-state index contributed by atoms with van der Waals surface area (Å²) in [5.41, 5.74) is -0.112. The molecule has 0 aliphatic heterocycles. The topological polar surface area (TPSA) is 117 Å². The van der Waals surface area contributed by atoms with Crippen molar-refractivity contribution in [3.8, 4) is 6.07 Å². The van der Waals surface area contributed by atoms with Crippen molar-refractivity contribution >= 4 is 28.9 Å². The second-order valence-electron chi connectivity index (χ2n) is 4.34. The predicted octanol–water partition coefficient (Wildman–Crippen LogP) is 2.22. The number of ether oxygens (including phenoxy) is 1. The number of nitriles is 1. The van der Waals surface area contributed by atoms with Crippen LogP contribution in [0, 0.1) is 21.4 Å². The number of hydrogen-bond acceptors (Lipinski definition) is 6. The molecule has 0 aliphatic rings. The van der Waals surface area contributed by atoms with Gasteiger partial charge in [-0.2, -0.15) is 5.26 Å². The molecule has 0 saturated heterocycles. The number of hydrogen-bond donors (Lipinski definition) is 2. The van der Waals surface area contributed by atoms with Crippen LogP contribution >= 0.6 is 11.6 Å². The molecule has 1 rings (SSSR count). The van der Waals surface area contributed by atoms with Crippen molar-refractivity contribution in [3.05, 3.63) is 45.1 Å². The molecular weight excluding hydrogens is 324 g/mol. The lowest BCUT2D eigenvalue weighted by atomic mass is 10.2. The molecule has 9 heteroatoms. The van der Waals surface area contributed by atoms with Crippen LogP contribution in [-0.2, 0) is 9.53 Å². The summed E-state index contributed by atoms with van der Waals surface area (Å²) < 4.78 is 4.85. The Morgan fingerprint density at radius 2 is 2.30 bits per heavy atom. The van der Waals surface area contributed by atoms with Gasteiger partial charge < -0.3 is 15.4 Å². The van der Waals surface area contributed by atoms with Crippen LogP contribution in [0.3, 0.4) is 0 Å². The van der Waals surface area contributed by atoms with Crippen molar-refractivity contribution in [1.29, 1.82) is 5.26 Å². The lowest BCUT2D eigenvalue weighted by molar-refractivity contribution is -0.384. The number of carbonyl (C=O) groups is 1. The standard InChI is InChI=1S/C14H15ClN4O4/c1-23-6-2-5-17-14(20)10(8-16)9-18-13-7-11(19(21)22)3-4-12(13)15/h3-4,7,9,18H,2,5-6H2,1H3,(H,17,20)/b10-9-. The quantitative estimate of drug-likeness (QED) is 0.247. The highest BCUT2D eigenvalue weighted by Gasteiger charge is 2.11. The molecule has 23 heavy (non-hydrogen) atoms. The first-order valence-electron chi connectivity index (χ1n) is 6.57. The molecule has 122 valence electrons. The van der Waals surface area contributed by atoms with Crippen LogP contribution in [0.4, 0.5) is 11.4 Å². The number of nitro groups is 1. The third-order valence-corrected chi connectivity index (χ3v) is 3.04. The molecule has 0 radical (unpaired) electrons. The second-order valence-corrected chi connectivity index (χ2v) is 4.74. The Morgan fingerprint density at radius 3 is 2.91 bits per heavy atom. The van der Waals surface area contributed by atoms with Crippen molar-refractivity contribution in [2.45, 2.75) is 6.42 Å². The van der Waals surface area contributed by atoms with Crippen LogP contribution in [-0.4, -0.2) is 31.1 Å². The fourth-order valence-corrected chi connectivity index (χ4v) is 1.72. The molecule has 0 aromatic heterocycles. The fraction of sp³-hybridized carbons (Fsp3) is 0.286. The Labute approximate surface area is 137 Å². The largest absolute Gasteiger partial charge is 0.385 e. The molecule has 1 aromatic carbocycles. The summed E-state index contributed by atoms with van der Waals surface area (Å²) in [4.78, 5) is 22.0. The Morgan fingerprint density at radius 1 is 1.57 bits per heavy atom. The Hall–Kier alpha value is -2.63. The number of nitrogens with zero attached hydrogens (tertiary/aromatic N) is 2. The van der Waals surface area contributed by atoms with Gasteiger partial charge in [0, 0.05) is 38.6 Å². The highest BCUT2D eigenvalue weighted by molar-refractivity contribution is 6.33. The van der Waals surface area contributed by atoms with Gasteiger partial charge in [-0.15, -0.1) is 0 Å². The third kappa shape index (κ3) is 5.94. The van der Waals surface area contributed by atoms with Crippen molar-refractivity contribution in [3.63, 3.8) is 0 Å². The monoisotopic (exact) mass is 338 g/mol. The Bertz CT molecular complexity index is 655. The predicted molar refractivity (Wildman–Crippen MR) is 84.9 cm³/mol. The Balaban J connectivity index is 2.77. The van der Waals surface area contributed by atoms with Crippen molar-refractivity contribution in [2.24, 2.45) is 0 Å². The van der Waals surface area contributed by atoms with E-state index in [-0.39, 0.29) is 22.0 Å². The van der Waals surface area contributed by atoms with Gasteiger partial charge in [-0.05, 0) is 12.5 Å². The summed E-state index contributed by atoms with van der Waals surface area (Å²) in [5.74, 6) is -0.558. The highest BCUT2D eigenvalue weighted by Crippen LogP contribution is 2.26. The summed E-state index contributed by atoms with van der Waals surface area (Å²) in [7, 11) is 1.55. The number of methoxy groups -OCH3 is 1. The van der Waals surface area contributed by atoms with E-state index in [2.05, 4.69) is 10.6 Å². The average Bonchev–Trinajstić information content (AvgIpc) is 2.53. The van der Waals surface area contributed by atoms with E-state index < -0.39 is 10.8 Å². The number of nitro benzene ring substituents is 1. The van der Waals surface area contributed by atoms with E-state index in [0.29, 0.717) is 19.6 Å². The number of amides is 1. The van der Waals surface area contributed by atoms with Crippen LogP contribution < -0.4 is 10.6 Å². The molecule has 2 N–H and O–H groups in total. The van der Waals surface area contributed by atoms with Gasteiger partial charge in [0.15, 0.2) is 0 Å².